The highest BCUT2D eigenvalue weighted by Gasteiger charge is 2.27. The first-order chi connectivity index (χ1) is 13.3. The third-order valence-electron chi connectivity index (χ3n) is 3.72. The fourth-order valence-electron chi connectivity index (χ4n) is 2.35. The summed E-state index contributed by atoms with van der Waals surface area (Å²) >= 11 is 5.48. The van der Waals surface area contributed by atoms with E-state index in [1.807, 2.05) is 0 Å². The molecule has 0 amide bonds. The van der Waals surface area contributed by atoms with Crippen molar-refractivity contribution in [2.45, 2.75) is 20.4 Å². The Labute approximate surface area is 177 Å². The normalized spacial score (nSPS) is 11.5. The maximum atomic E-state index is 13.0. The molecule has 0 bridgehead atoms. The summed E-state index contributed by atoms with van der Waals surface area (Å²) in [4.78, 5) is 22.3. The molecular formula is C16H15BrN4O4S3. The Hall–Kier alpha value is -1.89. The van der Waals surface area contributed by atoms with Crippen molar-refractivity contribution < 1.29 is 18.3 Å². The highest BCUT2D eigenvalue weighted by Crippen LogP contribution is 2.37. The van der Waals surface area contributed by atoms with Crippen molar-refractivity contribution in [1.29, 1.82) is 0 Å². The number of pyridine rings is 1. The highest BCUT2D eigenvalue weighted by molar-refractivity contribution is 9.10. The number of thiophene rings is 1. The molecule has 0 aliphatic heterocycles. The fraction of sp³-hybridized carbons (Fsp3) is 0.188. The molecule has 0 aromatic carbocycles. The maximum absolute atomic E-state index is 13.0. The average molecular weight is 503 g/mol. The highest BCUT2D eigenvalue weighted by atomic mass is 79.9. The third kappa shape index (κ3) is 4.40. The number of carboxylic acid groups (broad SMARTS) is 1. The number of aromatic carboxylic acids is 1. The molecule has 3 rings (SSSR count). The zero-order valence-electron chi connectivity index (χ0n) is 14.5. The van der Waals surface area contributed by atoms with Crippen molar-refractivity contribution >= 4 is 60.7 Å². The Morgan fingerprint density at radius 2 is 2.18 bits per heavy atom. The van der Waals surface area contributed by atoms with Gasteiger partial charge in [-0.15, -0.1) is 23.1 Å². The molecule has 0 aliphatic rings. The minimum atomic E-state index is -3.90. The van der Waals surface area contributed by atoms with Crippen LogP contribution in [-0.4, -0.2) is 47.2 Å². The number of sulfone groups is 1. The predicted molar refractivity (Wildman–Crippen MR) is 111 cm³/mol. The van der Waals surface area contributed by atoms with Crippen LogP contribution in [0.3, 0.4) is 0 Å². The van der Waals surface area contributed by atoms with Crippen LogP contribution in [0.1, 0.15) is 15.4 Å². The lowest BCUT2D eigenvalue weighted by Crippen LogP contribution is -2.09. The predicted octanol–water partition coefficient (Wildman–Crippen LogP) is 3.54. The first-order valence-electron chi connectivity index (χ1n) is 7.85. The quantitative estimate of drug-likeness (QED) is 0.399. The molecule has 12 heteroatoms. The number of imidazole rings is 1. The average Bonchev–Trinajstić information content (AvgIpc) is 3.32. The van der Waals surface area contributed by atoms with Gasteiger partial charge in [-0.1, -0.05) is 0 Å². The van der Waals surface area contributed by atoms with Gasteiger partial charge in [-0.05, 0) is 34.3 Å². The van der Waals surface area contributed by atoms with Crippen LogP contribution in [0.25, 0.3) is 0 Å². The summed E-state index contributed by atoms with van der Waals surface area (Å²) in [6.45, 7) is 0.586. The topological polar surface area (TPSA) is 125 Å². The number of carboxylic acids is 1. The van der Waals surface area contributed by atoms with E-state index >= 15 is 0 Å². The largest absolute Gasteiger partial charge is 0.477 e. The van der Waals surface area contributed by atoms with Gasteiger partial charge < -0.3 is 15.4 Å². The van der Waals surface area contributed by atoms with Crippen LogP contribution >= 0.6 is 39.0 Å². The van der Waals surface area contributed by atoms with E-state index in [9.17, 15) is 13.2 Å². The minimum absolute atomic E-state index is 0.0106. The number of aromatic amines is 1. The molecule has 0 unspecified atom stereocenters. The smallest absolute Gasteiger partial charge is 0.345 e. The van der Waals surface area contributed by atoms with Crippen LogP contribution in [-0.2, 0) is 16.3 Å². The molecule has 0 saturated carbocycles. The van der Waals surface area contributed by atoms with Crippen LogP contribution in [0.15, 0.2) is 49.3 Å². The van der Waals surface area contributed by atoms with Crippen LogP contribution in [0.5, 0.6) is 0 Å². The number of anilines is 1. The summed E-state index contributed by atoms with van der Waals surface area (Å²) in [5, 5.41) is 12.3. The Bertz CT molecular complexity index is 1100. The standard InChI is InChI=1S/C16H15BrN4O4S3/c1-26-16-13(5-12(27-16)15(22)23)28(24,25)10-4-11(17)14(20-7-10)19-3-2-9-6-18-8-21-9/h4-8H,2-3H2,1H3,(H,18,21)(H,19,20)(H,22,23). The maximum Gasteiger partial charge on any atom is 0.345 e. The van der Waals surface area contributed by atoms with E-state index in [1.54, 1.807) is 18.8 Å². The summed E-state index contributed by atoms with van der Waals surface area (Å²) in [6.07, 6.45) is 7.01. The van der Waals surface area contributed by atoms with Crippen LogP contribution in [0.2, 0.25) is 0 Å². The van der Waals surface area contributed by atoms with Crippen LogP contribution in [0, 0.1) is 0 Å². The van der Waals surface area contributed by atoms with Crippen molar-refractivity contribution in [2.75, 3.05) is 18.1 Å². The van der Waals surface area contributed by atoms with E-state index < -0.39 is 15.8 Å². The molecule has 3 N–H and O–H groups in total. The molecule has 0 radical (unpaired) electrons. The molecular weight excluding hydrogens is 488 g/mol. The number of halogens is 1. The number of aromatic nitrogens is 3. The molecule has 28 heavy (non-hydrogen) atoms. The van der Waals surface area contributed by atoms with Gasteiger partial charge in [0.2, 0.25) is 9.84 Å². The lowest BCUT2D eigenvalue weighted by molar-refractivity contribution is 0.0702. The summed E-state index contributed by atoms with van der Waals surface area (Å²) in [5.74, 6) is -0.641. The summed E-state index contributed by atoms with van der Waals surface area (Å²) in [5.41, 5.74) is 0.971. The van der Waals surface area contributed by atoms with E-state index in [-0.39, 0.29) is 14.7 Å². The molecule has 0 fully saturated rings. The Morgan fingerprint density at radius 1 is 1.39 bits per heavy atom. The molecule has 3 aromatic rings. The van der Waals surface area contributed by atoms with Gasteiger partial charge in [-0.3, -0.25) is 0 Å². The lowest BCUT2D eigenvalue weighted by atomic mass is 10.3. The number of nitrogens with one attached hydrogen (secondary N) is 2. The van der Waals surface area contributed by atoms with E-state index in [0.29, 0.717) is 27.5 Å². The molecule has 0 atom stereocenters. The summed E-state index contributed by atoms with van der Waals surface area (Å²) in [7, 11) is -3.90. The molecule has 3 heterocycles. The third-order valence-corrected chi connectivity index (χ3v) is 8.59. The van der Waals surface area contributed by atoms with Gasteiger partial charge in [0.25, 0.3) is 0 Å². The Morgan fingerprint density at radius 3 is 2.79 bits per heavy atom. The first kappa shape index (κ1) is 20.8. The van der Waals surface area contributed by atoms with Crippen molar-refractivity contribution in [3.63, 3.8) is 0 Å². The van der Waals surface area contributed by atoms with Gasteiger partial charge in [0, 0.05) is 31.1 Å². The van der Waals surface area contributed by atoms with Crippen LogP contribution in [0.4, 0.5) is 5.82 Å². The van der Waals surface area contributed by atoms with Crippen LogP contribution < -0.4 is 5.32 Å². The number of rotatable bonds is 8. The van der Waals surface area contributed by atoms with Crippen molar-refractivity contribution in [3.8, 4) is 0 Å². The van der Waals surface area contributed by atoms with Gasteiger partial charge >= 0.3 is 5.97 Å². The Balaban J connectivity index is 1.83. The molecule has 8 nitrogen and oxygen atoms in total. The number of nitrogens with zero attached hydrogens (tertiary/aromatic N) is 2. The van der Waals surface area contributed by atoms with Gasteiger partial charge in [0.05, 0.1) is 24.8 Å². The van der Waals surface area contributed by atoms with Gasteiger partial charge in [0.15, 0.2) is 0 Å². The molecule has 0 aliphatic carbocycles. The second-order valence-corrected chi connectivity index (χ2v) is 10.4. The molecule has 148 valence electrons. The zero-order chi connectivity index (χ0) is 20.3. The van der Waals surface area contributed by atoms with Crippen molar-refractivity contribution in [3.05, 3.63) is 45.9 Å². The summed E-state index contributed by atoms with van der Waals surface area (Å²) < 4.78 is 26.9. The van der Waals surface area contributed by atoms with Gasteiger partial charge in [-0.2, -0.15) is 0 Å². The number of hydrogen-bond donors (Lipinski definition) is 3. The van der Waals surface area contributed by atoms with E-state index in [4.69, 9.17) is 5.11 Å². The minimum Gasteiger partial charge on any atom is -0.477 e. The van der Waals surface area contributed by atoms with Gasteiger partial charge in [-0.25, -0.2) is 23.2 Å². The SMILES string of the molecule is CSc1sc(C(=O)O)cc1S(=O)(=O)c1cnc(NCCc2cnc[nH]2)c(Br)c1. The van der Waals surface area contributed by atoms with Crippen molar-refractivity contribution in [1.82, 2.24) is 15.0 Å². The zero-order valence-corrected chi connectivity index (χ0v) is 18.5. The number of hydrogen-bond acceptors (Lipinski definition) is 8. The Kier molecular flexibility index (Phi) is 6.43. The fourth-order valence-corrected chi connectivity index (χ4v) is 6.80. The second-order valence-electron chi connectivity index (χ2n) is 5.53. The lowest BCUT2D eigenvalue weighted by Gasteiger charge is -2.09. The monoisotopic (exact) mass is 502 g/mol. The number of carbonyl (C=O) groups is 1. The molecule has 3 aromatic heterocycles. The number of thioether (sulfide) groups is 1. The second kappa shape index (κ2) is 8.64. The van der Waals surface area contributed by atoms with E-state index in [2.05, 4.69) is 36.2 Å². The van der Waals surface area contributed by atoms with E-state index in [0.717, 1.165) is 17.0 Å². The van der Waals surface area contributed by atoms with E-state index in [1.165, 1.54) is 30.1 Å². The first-order valence-corrected chi connectivity index (χ1v) is 12.2. The molecule has 0 spiro atoms. The summed E-state index contributed by atoms with van der Waals surface area (Å²) in [6, 6.07) is 2.65. The van der Waals surface area contributed by atoms with Gasteiger partial charge in [0.1, 0.15) is 10.7 Å². The molecule has 0 saturated heterocycles. The van der Waals surface area contributed by atoms with Crippen molar-refractivity contribution in [2.24, 2.45) is 0 Å². The number of H-pyrrole nitrogens is 1.